The van der Waals surface area contributed by atoms with Gasteiger partial charge in [0, 0.05) is 46.4 Å². The Bertz CT molecular complexity index is 592. The zero-order valence-electron chi connectivity index (χ0n) is 15.2. The molecule has 1 aromatic carbocycles. The Kier molecular flexibility index (Phi) is 8.84. The lowest BCUT2D eigenvalue weighted by atomic mass is 10.3. The summed E-state index contributed by atoms with van der Waals surface area (Å²) in [6.07, 6.45) is 0.816. The zero-order valence-corrected chi connectivity index (χ0v) is 15.9. The molecule has 26 heavy (non-hydrogen) atoms. The summed E-state index contributed by atoms with van der Waals surface area (Å²) in [5, 5.41) is 6.25. The van der Waals surface area contributed by atoms with E-state index >= 15 is 0 Å². The molecule has 144 valence electrons. The molecule has 8 heteroatoms. The fourth-order valence-electron chi connectivity index (χ4n) is 2.76. The van der Waals surface area contributed by atoms with E-state index in [9.17, 15) is 9.59 Å². The van der Waals surface area contributed by atoms with Crippen molar-refractivity contribution in [3.63, 3.8) is 0 Å². The largest absolute Gasteiger partial charge is 0.385 e. The number of benzene rings is 1. The van der Waals surface area contributed by atoms with Crippen LogP contribution in [0, 0.1) is 0 Å². The van der Waals surface area contributed by atoms with E-state index in [1.54, 1.807) is 19.2 Å². The van der Waals surface area contributed by atoms with Gasteiger partial charge in [0.05, 0.1) is 23.8 Å². The first-order chi connectivity index (χ1) is 12.6. The highest BCUT2D eigenvalue weighted by Gasteiger charge is 2.20. The van der Waals surface area contributed by atoms with Crippen LogP contribution in [0.1, 0.15) is 6.42 Å². The molecule has 1 aliphatic heterocycles. The van der Waals surface area contributed by atoms with Crippen LogP contribution in [0.4, 0.5) is 5.69 Å². The minimum absolute atomic E-state index is 0.0333. The molecule has 0 spiro atoms. The quantitative estimate of drug-likeness (QED) is 0.624. The van der Waals surface area contributed by atoms with Crippen LogP contribution < -0.4 is 10.6 Å². The van der Waals surface area contributed by atoms with Gasteiger partial charge in [-0.15, -0.1) is 0 Å². The summed E-state index contributed by atoms with van der Waals surface area (Å²) >= 11 is 6.05. The summed E-state index contributed by atoms with van der Waals surface area (Å²) in [7, 11) is 1.65. The number of piperazine rings is 1. The van der Waals surface area contributed by atoms with Gasteiger partial charge in [0.1, 0.15) is 0 Å². The first-order valence-electron chi connectivity index (χ1n) is 8.83. The third kappa shape index (κ3) is 7.29. The van der Waals surface area contributed by atoms with Crippen LogP contribution in [0.2, 0.25) is 5.02 Å². The number of halogens is 1. The lowest BCUT2D eigenvalue weighted by Crippen LogP contribution is -2.51. The van der Waals surface area contributed by atoms with Gasteiger partial charge in [-0.3, -0.25) is 19.4 Å². The number of para-hydroxylation sites is 1. The maximum Gasteiger partial charge on any atom is 0.238 e. The van der Waals surface area contributed by atoms with Crippen molar-refractivity contribution in [2.75, 3.05) is 64.8 Å². The van der Waals surface area contributed by atoms with Crippen LogP contribution in [0.5, 0.6) is 0 Å². The molecule has 0 bridgehead atoms. The van der Waals surface area contributed by atoms with Crippen molar-refractivity contribution in [2.24, 2.45) is 0 Å². The van der Waals surface area contributed by atoms with Crippen molar-refractivity contribution >= 4 is 29.1 Å². The maximum atomic E-state index is 12.2. The predicted molar refractivity (Wildman–Crippen MR) is 102 cm³/mol. The summed E-state index contributed by atoms with van der Waals surface area (Å²) in [6.45, 7) is 5.05. The number of carbonyl (C=O) groups is 2. The van der Waals surface area contributed by atoms with Gasteiger partial charge in [-0.2, -0.15) is 0 Å². The molecule has 2 N–H and O–H groups in total. The van der Waals surface area contributed by atoms with E-state index in [1.807, 2.05) is 12.1 Å². The lowest BCUT2D eigenvalue weighted by Gasteiger charge is -2.33. The predicted octanol–water partition coefficient (Wildman–Crippen LogP) is 1.05. The van der Waals surface area contributed by atoms with Gasteiger partial charge in [-0.25, -0.2) is 0 Å². The Morgan fingerprint density at radius 1 is 1.08 bits per heavy atom. The number of amides is 2. The molecule has 1 aromatic rings. The van der Waals surface area contributed by atoms with Gasteiger partial charge < -0.3 is 15.4 Å². The Morgan fingerprint density at radius 3 is 2.31 bits per heavy atom. The summed E-state index contributed by atoms with van der Waals surface area (Å²) in [5.41, 5.74) is 0.628. The number of carbonyl (C=O) groups excluding carboxylic acids is 2. The number of ether oxygens (including phenoxy) is 1. The third-order valence-electron chi connectivity index (χ3n) is 4.19. The average molecular weight is 383 g/mol. The van der Waals surface area contributed by atoms with Crippen molar-refractivity contribution in [1.29, 1.82) is 0 Å². The molecule has 1 saturated heterocycles. The molecule has 1 aliphatic rings. The number of anilines is 1. The number of hydrogen-bond acceptors (Lipinski definition) is 5. The van der Waals surface area contributed by atoms with E-state index in [4.69, 9.17) is 16.3 Å². The molecule has 0 aliphatic carbocycles. The van der Waals surface area contributed by atoms with E-state index < -0.39 is 0 Å². The van der Waals surface area contributed by atoms with Gasteiger partial charge in [0.2, 0.25) is 11.8 Å². The number of nitrogens with zero attached hydrogens (tertiary/aromatic N) is 2. The Labute approximate surface area is 159 Å². The minimum Gasteiger partial charge on any atom is -0.385 e. The zero-order chi connectivity index (χ0) is 18.8. The highest BCUT2D eigenvalue weighted by molar-refractivity contribution is 6.33. The fraction of sp³-hybridized carbons (Fsp3) is 0.556. The molecule has 2 amide bonds. The molecule has 1 fully saturated rings. The van der Waals surface area contributed by atoms with Crippen molar-refractivity contribution in [3.05, 3.63) is 29.3 Å². The molecule has 0 atom stereocenters. The van der Waals surface area contributed by atoms with E-state index in [0.29, 0.717) is 37.0 Å². The Balaban J connectivity index is 1.64. The van der Waals surface area contributed by atoms with Crippen LogP contribution in [0.25, 0.3) is 0 Å². The second-order valence-electron chi connectivity index (χ2n) is 6.28. The highest BCUT2D eigenvalue weighted by Crippen LogP contribution is 2.20. The van der Waals surface area contributed by atoms with E-state index in [-0.39, 0.29) is 11.8 Å². The van der Waals surface area contributed by atoms with Gasteiger partial charge >= 0.3 is 0 Å². The number of hydrogen-bond donors (Lipinski definition) is 2. The first-order valence-corrected chi connectivity index (χ1v) is 9.21. The van der Waals surface area contributed by atoms with Crippen molar-refractivity contribution in [3.8, 4) is 0 Å². The summed E-state index contributed by atoms with van der Waals surface area (Å²) in [5.74, 6) is -0.0477. The topological polar surface area (TPSA) is 73.9 Å². The SMILES string of the molecule is COCCCNC(=O)CN1CCN(CC(=O)Nc2ccccc2Cl)CC1. The van der Waals surface area contributed by atoms with Crippen LogP contribution in [-0.2, 0) is 14.3 Å². The molecule has 0 aromatic heterocycles. The number of rotatable bonds is 9. The highest BCUT2D eigenvalue weighted by atomic mass is 35.5. The van der Waals surface area contributed by atoms with Crippen molar-refractivity contribution in [2.45, 2.75) is 6.42 Å². The molecule has 0 unspecified atom stereocenters. The fourth-order valence-corrected chi connectivity index (χ4v) is 2.95. The van der Waals surface area contributed by atoms with Gasteiger partial charge in [0.15, 0.2) is 0 Å². The number of methoxy groups -OCH3 is 1. The van der Waals surface area contributed by atoms with Crippen LogP contribution in [0.15, 0.2) is 24.3 Å². The second kappa shape index (κ2) is 11.1. The summed E-state index contributed by atoms with van der Waals surface area (Å²) < 4.78 is 4.95. The molecule has 1 heterocycles. The lowest BCUT2D eigenvalue weighted by molar-refractivity contribution is -0.123. The second-order valence-corrected chi connectivity index (χ2v) is 6.68. The molecular formula is C18H27ClN4O3. The monoisotopic (exact) mass is 382 g/mol. The minimum atomic E-state index is -0.0811. The first kappa shape index (κ1) is 20.6. The van der Waals surface area contributed by atoms with E-state index in [0.717, 1.165) is 32.6 Å². The summed E-state index contributed by atoms with van der Waals surface area (Å²) in [6, 6.07) is 7.19. The van der Waals surface area contributed by atoms with Crippen LogP contribution in [-0.4, -0.2) is 81.1 Å². The van der Waals surface area contributed by atoms with Gasteiger partial charge in [-0.1, -0.05) is 23.7 Å². The molecular weight excluding hydrogens is 356 g/mol. The number of nitrogens with one attached hydrogen (secondary N) is 2. The standard InChI is InChI=1S/C18H27ClN4O3/c1-26-12-4-7-20-17(24)13-22-8-10-23(11-9-22)14-18(25)21-16-6-3-2-5-15(16)19/h2-3,5-6H,4,7-14H2,1H3,(H,20,24)(H,21,25). The Hall–Kier alpha value is -1.67. The van der Waals surface area contributed by atoms with E-state index in [2.05, 4.69) is 20.4 Å². The van der Waals surface area contributed by atoms with Crippen LogP contribution in [0.3, 0.4) is 0 Å². The smallest absolute Gasteiger partial charge is 0.238 e. The molecule has 7 nitrogen and oxygen atoms in total. The van der Waals surface area contributed by atoms with E-state index in [1.165, 1.54) is 0 Å². The third-order valence-corrected chi connectivity index (χ3v) is 4.52. The molecule has 0 radical (unpaired) electrons. The van der Waals surface area contributed by atoms with Crippen molar-refractivity contribution in [1.82, 2.24) is 15.1 Å². The molecule has 0 saturated carbocycles. The van der Waals surface area contributed by atoms with Crippen LogP contribution >= 0.6 is 11.6 Å². The Morgan fingerprint density at radius 2 is 1.69 bits per heavy atom. The van der Waals surface area contributed by atoms with Crippen molar-refractivity contribution < 1.29 is 14.3 Å². The van der Waals surface area contributed by atoms with Gasteiger partial charge in [-0.05, 0) is 18.6 Å². The summed E-state index contributed by atoms with van der Waals surface area (Å²) in [4.78, 5) is 28.2. The normalized spacial score (nSPS) is 15.6. The maximum absolute atomic E-state index is 12.2. The average Bonchev–Trinajstić information content (AvgIpc) is 2.62. The van der Waals surface area contributed by atoms with Gasteiger partial charge in [0.25, 0.3) is 0 Å². The molecule has 2 rings (SSSR count).